The van der Waals surface area contributed by atoms with Crippen LogP contribution in [-0.4, -0.2) is 53.8 Å². The lowest BCUT2D eigenvalue weighted by Crippen LogP contribution is -2.48. The van der Waals surface area contributed by atoms with Gasteiger partial charge >= 0.3 is 5.97 Å². The van der Waals surface area contributed by atoms with Crippen molar-refractivity contribution in [3.8, 4) is 0 Å². The zero-order valence-corrected chi connectivity index (χ0v) is 12.3. The summed E-state index contributed by atoms with van der Waals surface area (Å²) in [5.41, 5.74) is 0. The summed E-state index contributed by atoms with van der Waals surface area (Å²) in [4.78, 5) is 10.9. The molecule has 0 radical (unpaired) electrons. The van der Waals surface area contributed by atoms with E-state index in [4.69, 9.17) is 5.11 Å². The SMILES string of the molecule is CC1CC(C)N(S(=O)(=O)N2CCC(C(=O)O)CC2)C1. The molecular formula is C12H22N2O4S. The first-order valence-electron chi connectivity index (χ1n) is 6.82. The van der Waals surface area contributed by atoms with E-state index < -0.39 is 22.1 Å². The Morgan fingerprint density at radius 3 is 2.21 bits per heavy atom. The monoisotopic (exact) mass is 290 g/mol. The first-order chi connectivity index (χ1) is 8.82. The second-order valence-corrected chi connectivity index (χ2v) is 7.66. The molecule has 2 unspecified atom stereocenters. The van der Waals surface area contributed by atoms with Crippen molar-refractivity contribution in [1.29, 1.82) is 0 Å². The molecule has 7 heteroatoms. The van der Waals surface area contributed by atoms with Gasteiger partial charge < -0.3 is 5.11 Å². The third-order valence-corrected chi connectivity index (χ3v) is 6.27. The van der Waals surface area contributed by atoms with Crippen molar-refractivity contribution in [2.45, 2.75) is 39.2 Å². The smallest absolute Gasteiger partial charge is 0.306 e. The second kappa shape index (κ2) is 5.38. The number of hydrogen-bond acceptors (Lipinski definition) is 3. The van der Waals surface area contributed by atoms with Gasteiger partial charge in [-0.05, 0) is 32.1 Å². The van der Waals surface area contributed by atoms with Crippen LogP contribution in [0, 0.1) is 11.8 Å². The highest BCUT2D eigenvalue weighted by molar-refractivity contribution is 7.86. The second-order valence-electron chi connectivity index (χ2n) is 5.78. The quantitative estimate of drug-likeness (QED) is 0.832. The minimum atomic E-state index is -3.42. The maximum absolute atomic E-state index is 12.5. The minimum absolute atomic E-state index is 0.0391. The fraction of sp³-hybridized carbons (Fsp3) is 0.917. The molecule has 2 aliphatic heterocycles. The van der Waals surface area contributed by atoms with E-state index in [0.717, 1.165) is 6.42 Å². The third kappa shape index (κ3) is 2.93. The van der Waals surface area contributed by atoms with Gasteiger partial charge in [-0.25, -0.2) is 0 Å². The molecule has 2 aliphatic rings. The molecule has 2 heterocycles. The van der Waals surface area contributed by atoms with E-state index in [2.05, 4.69) is 6.92 Å². The summed E-state index contributed by atoms with van der Waals surface area (Å²) >= 11 is 0. The standard InChI is InChI=1S/C12H22N2O4S/c1-9-7-10(2)14(8-9)19(17,18)13-5-3-11(4-6-13)12(15)16/h9-11H,3-8H2,1-2H3,(H,15,16). The molecule has 2 rings (SSSR count). The maximum atomic E-state index is 12.5. The van der Waals surface area contributed by atoms with Crippen molar-refractivity contribution < 1.29 is 18.3 Å². The van der Waals surface area contributed by atoms with E-state index >= 15 is 0 Å². The maximum Gasteiger partial charge on any atom is 0.306 e. The molecule has 0 aromatic carbocycles. The van der Waals surface area contributed by atoms with Gasteiger partial charge in [0.05, 0.1) is 5.92 Å². The van der Waals surface area contributed by atoms with E-state index in [1.165, 1.54) is 4.31 Å². The molecule has 0 aromatic heterocycles. The van der Waals surface area contributed by atoms with Crippen molar-refractivity contribution in [2.24, 2.45) is 11.8 Å². The van der Waals surface area contributed by atoms with E-state index in [-0.39, 0.29) is 6.04 Å². The fourth-order valence-electron chi connectivity index (χ4n) is 3.06. The van der Waals surface area contributed by atoms with Crippen LogP contribution in [0.1, 0.15) is 33.1 Å². The van der Waals surface area contributed by atoms with Gasteiger partial charge in [0.1, 0.15) is 0 Å². The van der Waals surface area contributed by atoms with Crippen molar-refractivity contribution in [3.63, 3.8) is 0 Å². The Bertz CT molecular complexity index is 443. The highest BCUT2D eigenvalue weighted by atomic mass is 32.2. The van der Waals surface area contributed by atoms with Crippen LogP contribution in [0.3, 0.4) is 0 Å². The lowest BCUT2D eigenvalue weighted by molar-refractivity contribution is -0.142. The van der Waals surface area contributed by atoms with Crippen LogP contribution < -0.4 is 0 Å². The molecule has 0 amide bonds. The topological polar surface area (TPSA) is 77.9 Å². The highest BCUT2D eigenvalue weighted by Crippen LogP contribution is 2.29. The van der Waals surface area contributed by atoms with Crippen LogP contribution in [-0.2, 0) is 15.0 Å². The molecule has 0 bridgehead atoms. The molecule has 110 valence electrons. The molecule has 0 aromatic rings. The normalized spacial score (nSPS) is 31.7. The molecule has 6 nitrogen and oxygen atoms in total. The predicted molar refractivity (Wildman–Crippen MR) is 70.8 cm³/mol. The molecular weight excluding hydrogens is 268 g/mol. The zero-order valence-electron chi connectivity index (χ0n) is 11.4. The Labute approximate surface area is 114 Å². The Kier molecular flexibility index (Phi) is 4.17. The highest BCUT2D eigenvalue weighted by Gasteiger charge is 2.40. The average molecular weight is 290 g/mol. The molecule has 1 N–H and O–H groups in total. The van der Waals surface area contributed by atoms with Crippen molar-refractivity contribution in [2.75, 3.05) is 19.6 Å². The van der Waals surface area contributed by atoms with E-state index in [9.17, 15) is 13.2 Å². The lowest BCUT2D eigenvalue weighted by atomic mass is 9.99. The van der Waals surface area contributed by atoms with Gasteiger partial charge in [-0.2, -0.15) is 17.0 Å². The van der Waals surface area contributed by atoms with Crippen LogP contribution in [0.5, 0.6) is 0 Å². The van der Waals surface area contributed by atoms with E-state index in [1.54, 1.807) is 4.31 Å². The number of aliphatic carboxylic acids is 1. The van der Waals surface area contributed by atoms with Crippen molar-refractivity contribution >= 4 is 16.2 Å². The lowest BCUT2D eigenvalue weighted by Gasteiger charge is -2.33. The van der Waals surface area contributed by atoms with Gasteiger partial charge in [-0.1, -0.05) is 6.92 Å². The molecule has 2 atom stereocenters. The summed E-state index contributed by atoms with van der Waals surface area (Å²) < 4.78 is 28.1. The predicted octanol–water partition coefficient (Wildman–Crippen LogP) is 0.758. The first kappa shape index (κ1) is 14.7. The average Bonchev–Trinajstić information content (AvgIpc) is 2.69. The van der Waals surface area contributed by atoms with Gasteiger partial charge in [0.2, 0.25) is 0 Å². The Morgan fingerprint density at radius 1 is 1.21 bits per heavy atom. The number of rotatable bonds is 3. The Hall–Kier alpha value is -0.660. The summed E-state index contributed by atoms with van der Waals surface area (Å²) in [6.45, 7) is 5.20. The van der Waals surface area contributed by atoms with Gasteiger partial charge in [0.15, 0.2) is 0 Å². The van der Waals surface area contributed by atoms with Gasteiger partial charge in [-0.3, -0.25) is 4.79 Å². The largest absolute Gasteiger partial charge is 0.481 e. The number of hydrogen-bond donors (Lipinski definition) is 1. The fourth-order valence-corrected chi connectivity index (χ4v) is 5.02. The number of piperidine rings is 1. The Morgan fingerprint density at radius 2 is 1.79 bits per heavy atom. The summed E-state index contributed by atoms with van der Waals surface area (Å²) in [5, 5.41) is 8.94. The zero-order chi connectivity index (χ0) is 14.2. The molecule has 0 spiro atoms. The number of carboxylic acids is 1. The number of nitrogens with zero attached hydrogens (tertiary/aromatic N) is 2. The number of carboxylic acid groups (broad SMARTS) is 1. The molecule has 2 fully saturated rings. The van der Waals surface area contributed by atoms with Crippen molar-refractivity contribution in [1.82, 2.24) is 8.61 Å². The molecule has 0 saturated carbocycles. The summed E-state index contributed by atoms with van der Waals surface area (Å²) in [6.07, 6.45) is 1.71. The van der Waals surface area contributed by atoms with Crippen LogP contribution in [0.2, 0.25) is 0 Å². The number of carbonyl (C=O) groups is 1. The van der Waals surface area contributed by atoms with E-state index in [0.29, 0.717) is 38.4 Å². The van der Waals surface area contributed by atoms with Gasteiger partial charge in [0.25, 0.3) is 10.2 Å². The van der Waals surface area contributed by atoms with Crippen molar-refractivity contribution in [3.05, 3.63) is 0 Å². The van der Waals surface area contributed by atoms with Crippen LogP contribution in [0.15, 0.2) is 0 Å². The first-order valence-corrected chi connectivity index (χ1v) is 8.21. The third-order valence-electron chi connectivity index (χ3n) is 4.15. The van der Waals surface area contributed by atoms with Crippen LogP contribution in [0.4, 0.5) is 0 Å². The Balaban J connectivity index is 2.04. The minimum Gasteiger partial charge on any atom is -0.481 e. The van der Waals surface area contributed by atoms with E-state index in [1.807, 2.05) is 6.92 Å². The van der Waals surface area contributed by atoms with Gasteiger partial charge in [-0.15, -0.1) is 0 Å². The molecule has 19 heavy (non-hydrogen) atoms. The summed E-state index contributed by atoms with van der Waals surface area (Å²) in [7, 11) is -3.42. The van der Waals surface area contributed by atoms with Gasteiger partial charge in [0, 0.05) is 25.7 Å². The summed E-state index contributed by atoms with van der Waals surface area (Å²) in [6, 6.07) is 0.0391. The van der Waals surface area contributed by atoms with Crippen LogP contribution >= 0.6 is 0 Å². The summed E-state index contributed by atoms with van der Waals surface area (Å²) in [5.74, 6) is -0.831. The molecule has 2 saturated heterocycles. The van der Waals surface area contributed by atoms with Crippen LogP contribution in [0.25, 0.3) is 0 Å². The molecule has 0 aliphatic carbocycles.